The number of benzene rings is 8. The maximum absolute atomic E-state index is 12.4. The van der Waals surface area contributed by atoms with Gasteiger partial charge in [-0.15, -0.1) is 82.1 Å². The Morgan fingerprint density at radius 3 is 1.03 bits per heavy atom. The van der Waals surface area contributed by atoms with Crippen molar-refractivity contribution in [1.82, 2.24) is 69.3 Å². The minimum Gasteiger partial charge on any atom is -0.508 e. The summed E-state index contributed by atoms with van der Waals surface area (Å²) in [6, 6.07) is 51.7. The average molecular weight is 2110 g/mol. The zero-order valence-electron chi connectivity index (χ0n) is 77.2. The summed E-state index contributed by atoms with van der Waals surface area (Å²) in [5.41, 5.74) is 13.1. The van der Waals surface area contributed by atoms with Crippen molar-refractivity contribution in [1.29, 1.82) is 0 Å². The first-order valence-electron chi connectivity index (χ1n) is 42.8. The Balaban J connectivity index is 0.000000160. The van der Waals surface area contributed by atoms with E-state index in [2.05, 4.69) is 98.3 Å². The first kappa shape index (κ1) is 104. The number of pyridine rings is 4. The highest BCUT2D eigenvalue weighted by Crippen LogP contribution is 2.40. The number of aryl methyl sites for hydroxylation is 4. The predicted octanol–water partition coefficient (Wildman–Crippen LogP) is 20.6. The molecule has 10 heterocycles. The number of fused-ring (bicyclic) bond motifs is 8. The molecule has 2 fully saturated rings. The molecular formula is C99H106BBr3Cl4N14O14. The van der Waals surface area contributed by atoms with E-state index in [9.17, 15) is 29.4 Å². The van der Waals surface area contributed by atoms with Crippen LogP contribution in [0, 0.1) is 27.7 Å². The standard InChI is InChI=1S/C27H30N4O4.C22H21N3O3.C21H19N3O3.C12H14N2O2.C10H8ClNO.C6H12ClNO.CH2Cl2.BBr3/c1-18-26(27(32)28-2)22-7-5-20(17-24(22)30(18)3)35-25-8-9-29-23-16-19(4-6-21(23)25)34-15-12-31-10-13-33-14-11-31;1-13-21(22(26)23-2)17-8-6-15(12-19(17)25(13)3)28-20-9-10-24-18-11-14(27-4)5-7-16(18)20;1-12-20(21(26)22-2)16-7-5-14(11-18(16)24(12)3)27-19-8-9-23-17-10-13(25)4-6-15(17)19;1-7-11(12(16)13-2)9-5-4-8(15)6-10(9)14(7)3;1-13-7-2-3-8-9(11)4-5-12-10(8)6-7;7-1-2-8-3-5-9-6-4-8;2-1-3;2-1(3)4/h4-9,16-17H,10-15H2,1-3H3,(H,28,32);5-12H,1-4H3,(H,23,26);4-11,25H,1-3H3,(H,22,26);4-6,15H,1-3H3,(H,13,16);2-6H,1H3;1-6H2;1H2;. The molecule has 708 valence electrons. The molecule has 0 aliphatic carbocycles. The van der Waals surface area contributed by atoms with Crippen LogP contribution in [0.25, 0.3) is 87.2 Å². The fraction of sp³-hybridized carbons (Fsp3) is 0.273. The van der Waals surface area contributed by atoms with E-state index in [-0.39, 0.29) is 43.7 Å². The number of amides is 4. The molecule has 0 spiro atoms. The van der Waals surface area contributed by atoms with Crippen molar-refractivity contribution < 1.29 is 67.3 Å². The van der Waals surface area contributed by atoms with Crippen LogP contribution < -0.4 is 49.7 Å². The Labute approximate surface area is 827 Å². The van der Waals surface area contributed by atoms with Gasteiger partial charge in [-0.05, 0) is 149 Å². The third kappa shape index (κ3) is 25.9. The number of phenolic OH excluding ortho intramolecular Hbond substituents is 2. The van der Waals surface area contributed by atoms with Gasteiger partial charge >= 0.3 is 3.18 Å². The Morgan fingerprint density at radius 1 is 0.393 bits per heavy atom. The van der Waals surface area contributed by atoms with Crippen LogP contribution in [0.3, 0.4) is 0 Å². The number of nitrogens with zero attached hydrogens (tertiary/aromatic N) is 10. The van der Waals surface area contributed by atoms with Crippen LogP contribution in [0.5, 0.6) is 63.2 Å². The molecule has 16 aromatic rings. The molecule has 0 atom stereocenters. The zero-order chi connectivity index (χ0) is 97.3. The van der Waals surface area contributed by atoms with Crippen LogP contribution in [-0.4, -0.2) is 211 Å². The molecule has 0 unspecified atom stereocenters. The number of hydrogen-bond acceptors (Lipinski definition) is 20. The number of morpholine rings is 2. The fourth-order valence-corrected chi connectivity index (χ4v) is 15.9. The van der Waals surface area contributed by atoms with Gasteiger partial charge in [-0.3, -0.25) is 48.9 Å². The van der Waals surface area contributed by atoms with Gasteiger partial charge in [-0.2, -0.15) is 0 Å². The summed E-state index contributed by atoms with van der Waals surface area (Å²) in [4.78, 5) is 70.6. The van der Waals surface area contributed by atoms with Crippen molar-refractivity contribution >= 4 is 208 Å². The smallest absolute Gasteiger partial charge is 0.369 e. The predicted molar refractivity (Wildman–Crippen MR) is 553 cm³/mol. The molecule has 2 aliphatic heterocycles. The molecule has 2 aliphatic rings. The normalized spacial score (nSPS) is 12.3. The highest BCUT2D eigenvalue weighted by molar-refractivity contribution is 9.69. The Hall–Kier alpha value is -11.7. The Kier molecular flexibility index (Phi) is 38.2. The van der Waals surface area contributed by atoms with Gasteiger partial charge in [0.2, 0.25) is 0 Å². The van der Waals surface area contributed by atoms with E-state index in [1.54, 1.807) is 116 Å². The summed E-state index contributed by atoms with van der Waals surface area (Å²) in [5, 5.41) is 37.8. The number of carbonyl (C=O) groups excluding carboxylic acids is 4. The fourth-order valence-electron chi connectivity index (χ4n) is 15.5. The number of phenols is 2. The van der Waals surface area contributed by atoms with Gasteiger partial charge in [0.25, 0.3) is 23.6 Å². The molecular weight excluding hydrogens is 2000 g/mol. The molecule has 28 nitrogen and oxygen atoms in total. The van der Waals surface area contributed by atoms with E-state index >= 15 is 0 Å². The van der Waals surface area contributed by atoms with E-state index in [1.165, 1.54) is 0 Å². The quantitative estimate of drug-likeness (QED) is 0.0343. The van der Waals surface area contributed by atoms with Crippen molar-refractivity contribution in [2.45, 2.75) is 27.7 Å². The summed E-state index contributed by atoms with van der Waals surface area (Å²) in [5.74, 6) is 7.17. The summed E-state index contributed by atoms with van der Waals surface area (Å²) in [6.07, 6.45) is 6.78. The maximum Gasteiger partial charge on any atom is 0.369 e. The summed E-state index contributed by atoms with van der Waals surface area (Å²) >= 11 is 30.4. The number of methoxy groups -OCH3 is 2. The van der Waals surface area contributed by atoms with Gasteiger partial charge in [-0.1, -0.05) is 11.6 Å². The summed E-state index contributed by atoms with van der Waals surface area (Å²) in [7, 11) is 17.5. The van der Waals surface area contributed by atoms with Crippen LogP contribution in [0.2, 0.25) is 5.02 Å². The molecule has 0 radical (unpaired) electrons. The minimum atomic E-state index is -0.105. The number of aromatic hydroxyl groups is 2. The second kappa shape index (κ2) is 49.7. The number of rotatable bonds is 18. The number of nitrogens with one attached hydrogen (secondary N) is 4. The number of hydrogen-bond donors (Lipinski definition) is 6. The van der Waals surface area contributed by atoms with Crippen LogP contribution in [0.1, 0.15) is 64.2 Å². The molecule has 8 aromatic heterocycles. The average Bonchev–Trinajstić information content (AvgIpc) is 1.63. The van der Waals surface area contributed by atoms with E-state index < -0.39 is 0 Å². The molecule has 6 N–H and O–H groups in total. The largest absolute Gasteiger partial charge is 0.508 e. The van der Waals surface area contributed by atoms with Crippen molar-refractivity contribution in [3.05, 3.63) is 245 Å². The topological polar surface area (TPSA) is 308 Å². The van der Waals surface area contributed by atoms with Crippen LogP contribution in [0.15, 0.2) is 195 Å². The van der Waals surface area contributed by atoms with Gasteiger partial charge in [0.05, 0.1) is 117 Å². The van der Waals surface area contributed by atoms with Crippen molar-refractivity contribution in [2.75, 3.05) is 126 Å². The van der Waals surface area contributed by atoms with E-state index in [0.29, 0.717) is 73.9 Å². The molecule has 4 amide bonds. The molecule has 2 saturated heterocycles. The lowest BCUT2D eigenvalue weighted by Gasteiger charge is -2.26. The Morgan fingerprint density at radius 2 is 0.674 bits per heavy atom. The zero-order valence-corrected chi connectivity index (χ0v) is 84.9. The van der Waals surface area contributed by atoms with E-state index in [1.807, 2.05) is 195 Å². The van der Waals surface area contributed by atoms with E-state index in [4.69, 9.17) is 84.3 Å². The van der Waals surface area contributed by atoms with Crippen molar-refractivity contribution in [3.8, 4) is 63.2 Å². The first-order chi connectivity index (χ1) is 65.0. The Bertz CT molecular complexity index is 6870. The van der Waals surface area contributed by atoms with Gasteiger partial charge in [0.1, 0.15) is 69.9 Å². The monoisotopic (exact) mass is 2100 g/mol. The van der Waals surface area contributed by atoms with Crippen LogP contribution in [-0.2, 0) is 37.7 Å². The maximum atomic E-state index is 12.4. The van der Waals surface area contributed by atoms with Crippen molar-refractivity contribution in [2.24, 2.45) is 28.2 Å². The van der Waals surface area contributed by atoms with Gasteiger partial charge in [0.15, 0.2) is 0 Å². The van der Waals surface area contributed by atoms with Crippen LogP contribution >= 0.6 is 93.7 Å². The highest BCUT2D eigenvalue weighted by atomic mass is 79.9. The summed E-state index contributed by atoms with van der Waals surface area (Å²) in [6.45, 7) is 17.5. The van der Waals surface area contributed by atoms with E-state index in [0.717, 1.165) is 193 Å². The SMILES string of the molecule is BrB(Br)Br.CNC(=O)c1c(C)n(C)c2cc(O)ccc12.CNC(=O)c1c(C)n(C)c2cc(Oc3ccnc4cc(O)ccc34)ccc12.CNC(=O)c1c(C)n(C)c2cc(Oc3ccnc4cc(OC)ccc34)ccc12.CNC(=O)c1c(C)n(C)c2cc(Oc3ccnc4cc(OCCN5CCOCC5)ccc34)ccc12.COc1ccc2c(Cl)ccnc2c1.ClCCN1CCOCC1.ClCCl. The lowest BCUT2D eigenvalue weighted by molar-refractivity contribution is 0.0322. The van der Waals surface area contributed by atoms with Crippen LogP contribution in [0.4, 0.5) is 0 Å². The number of halogens is 7. The van der Waals surface area contributed by atoms with Gasteiger partial charge in [-0.25, -0.2) is 0 Å². The van der Waals surface area contributed by atoms with Gasteiger partial charge in [0, 0.05) is 241 Å². The molecule has 8 aromatic carbocycles. The second-order valence-corrected chi connectivity index (χ2v) is 38.6. The molecule has 0 bridgehead atoms. The minimum absolute atomic E-state index is 0.0918. The number of alkyl halides is 3. The lowest BCUT2D eigenvalue weighted by atomic mass is 10.1. The molecule has 135 heavy (non-hydrogen) atoms. The third-order valence-electron chi connectivity index (χ3n) is 22.8. The summed E-state index contributed by atoms with van der Waals surface area (Å²) < 4.78 is 53.6. The molecule has 0 saturated carbocycles. The number of ether oxygens (including phenoxy) is 8. The lowest BCUT2D eigenvalue weighted by Crippen LogP contribution is -2.38. The third-order valence-corrected chi connectivity index (χ3v) is 23.3. The van der Waals surface area contributed by atoms with Crippen molar-refractivity contribution in [3.63, 3.8) is 0 Å². The molecule has 36 heteroatoms. The molecule has 18 rings (SSSR count). The highest BCUT2D eigenvalue weighted by Gasteiger charge is 2.24. The second-order valence-electron chi connectivity index (χ2n) is 30.6. The number of aromatic nitrogens is 8. The number of carbonyl (C=O) groups is 4. The first-order valence-corrected chi connectivity index (χ1v) is 47.5. The van der Waals surface area contributed by atoms with Gasteiger partial charge < -0.3 is 87.6 Å².